The van der Waals surface area contributed by atoms with Crippen molar-refractivity contribution in [2.24, 2.45) is 5.92 Å². The molecule has 2 heteroatoms. The number of ether oxygens (including phenoxy) is 1. The SMILES string of the molecule is CCCCCCC(=O)C(OC)C1C=CCC=C1. The topological polar surface area (TPSA) is 26.3 Å². The molecule has 0 heterocycles. The van der Waals surface area contributed by atoms with Crippen LogP contribution in [0.4, 0.5) is 0 Å². The van der Waals surface area contributed by atoms with Gasteiger partial charge < -0.3 is 4.74 Å². The first-order valence-corrected chi connectivity index (χ1v) is 6.68. The van der Waals surface area contributed by atoms with E-state index in [2.05, 4.69) is 31.2 Å². The van der Waals surface area contributed by atoms with E-state index in [1.54, 1.807) is 7.11 Å². The molecule has 0 fully saturated rings. The van der Waals surface area contributed by atoms with E-state index in [1.807, 2.05) is 0 Å². The minimum Gasteiger partial charge on any atom is -0.373 e. The molecule has 1 aliphatic carbocycles. The number of carbonyl (C=O) groups is 1. The van der Waals surface area contributed by atoms with E-state index in [0.717, 1.165) is 19.3 Å². The van der Waals surface area contributed by atoms with Crippen LogP contribution in [0.5, 0.6) is 0 Å². The lowest BCUT2D eigenvalue weighted by atomic mass is 9.92. The van der Waals surface area contributed by atoms with Crippen molar-refractivity contribution in [1.82, 2.24) is 0 Å². The molecule has 0 aromatic heterocycles. The van der Waals surface area contributed by atoms with Crippen molar-refractivity contribution < 1.29 is 9.53 Å². The quantitative estimate of drug-likeness (QED) is 0.475. The fourth-order valence-corrected chi connectivity index (χ4v) is 2.19. The Morgan fingerprint density at radius 3 is 2.59 bits per heavy atom. The van der Waals surface area contributed by atoms with Gasteiger partial charge in [0.1, 0.15) is 6.10 Å². The Morgan fingerprint density at radius 2 is 2.00 bits per heavy atom. The Labute approximate surface area is 105 Å². The highest BCUT2D eigenvalue weighted by Crippen LogP contribution is 2.19. The van der Waals surface area contributed by atoms with Gasteiger partial charge in [-0.15, -0.1) is 0 Å². The van der Waals surface area contributed by atoms with Gasteiger partial charge in [-0.2, -0.15) is 0 Å². The van der Waals surface area contributed by atoms with E-state index in [-0.39, 0.29) is 17.8 Å². The lowest BCUT2D eigenvalue weighted by Crippen LogP contribution is -2.30. The average molecular weight is 236 g/mol. The molecule has 0 amide bonds. The van der Waals surface area contributed by atoms with Gasteiger partial charge in [0, 0.05) is 19.4 Å². The van der Waals surface area contributed by atoms with Crippen LogP contribution in [0.2, 0.25) is 0 Å². The molecule has 0 bridgehead atoms. The molecule has 17 heavy (non-hydrogen) atoms. The van der Waals surface area contributed by atoms with Crippen molar-refractivity contribution in [1.29, 1.82) is 0 Å². The Hall–Kier alpha value is -0.890. The molecule has 0 aromatic carbocycles. The number of rotatable bonds is 8. The summed E-state index contributed by atoms with van der Waals surface area (Å²) in [5.41, 5.74) is 0. The molecule has 0 spiro atoms. The number of allylic oxidation sites excluding steroid dienone is 2. The van der Waals surface area contributed by atoms with E-state index >= 15 is 0 Å². The van der Waals surface area contributed by atoms with Crippen LogP contribution in [0.25, 0.3) is 0 Å². The maximum atomic E-state index is 12.0. The van der Waals surface area contributed by atoms with Gasteiger partial charge in [0.15, 0.2) is 5.78 Å². The van der Waals surface area contributed by atoms with Gasteiger partial charge >= 0.3 is 0 Å². The monoisotopic (exact) mass is 236 g/mol. The fourth-order valence-electron chi connectivity index (χ4n) is 2.19. The minimum absolute atomic E-state index is 0.132. The normalized spacial score (nSPS) is 17.3. The first kappa shape index (κ1) is 14.2. The second-order valence-electron chi connectivity index (χ2n) is 4.60. The molecule has 0 N–H and O–H groups in total. The molecule has 1 aliphatic rings. The number of Topliss-reactive ketones (excluding diaryl/α,β-unsaturated/α-hetero) is 1. The van der Waals surface area contributed by atoms with Gasteiger partial charge in [-0.05, 0) is 12.8 Å². The van der Waals surface area contributed by atoms with Crippen molar-refractivity contribution in [2.75, 3.05) is 7.11 Å². The second-order valence-corrected chi connectivity index (χ2v) is 4.60. The van der Waals surface area contributed by atoms with Gasteiger partial charge in [0.05, 0.1) is 0 Å². The maximum absolute atomic E-state index is 12.0. The Kier molecular flexibility index (Phi) is 6.87. The zero-order valence-corrected chi connectivity index (χ0v) is 11.0. The lowest BCUT2D eigenvalue weighted by Gasteiger charge is -2.21. The van der Waals surface area contributed by atoms with Crippen molar-refractivity contribution in [3.05, 3.63) is 24.3 Å². The number of ketones is 1. The zero-order chi connectivity index (χ0) is 12.5. The summed E-state index contributed by atoms with van der Waals surface area (Å²) in [6.07, 6.45) is 14.3. The first-order valence-electron chi connectivity index (χ1n) is 6.68. The van der Waals surface area contributed by atoms with Crippen LogP contribution in [0.15, 0.2) is 24.3 Å². The van der Waals surface area contributed by atoms with Gasteiger partial charge in [-0.3, -0.25) is 4.79 Å². The van der Waals surface area contributed by atoms with E-state index in [0.29, 0.717) is 6.42 Å². The standard InChI is InChI=1S/C15H24O2/c1-3-4-5-9-12-14(16)15(17-2)13-10-7-6-8-11-13/h7-8,10-11,13,15H,3-6,9,12H2,1-2H3. The summed E-state index contributed by atoms with van der Waals surface area (Å²) in [5, 5.41) is 0. The second kappa shape index (κ2) is 8.24. The zero-order valence-electron chi connectivity index (χ0n) is 11.0. The van der Waals surface area contributed by atoms with E-state index in [4.69, 9.17) is 4.74 Å². The predicted octanol–water partition coefficient (Wildman–Crippen LogP) is 3.67. The molecule has 0 saturated heterocycles. The maximum Gasteiger partial charge on any atom is 0.162 e. The van der Waals surface area contributed by atoms with Gasteiger partial charge in [0.2, 0.25) is 0 Å². The largest absolute Gasteiger partial charge is 0.373 e. The van der Waals surface area contributed by atoms with Crippen molar-refractivity contribution in [2.45, 2.75) is 51.6 Å². The summed E-state index contributed by atoms with van der Waals surface area (Å²) >= 11 is 0. The van der Waals surface area contributed by atoms with Crippen molar-refractivity contribution in [3.63, 3.8) is 0 Å². The van der Waals surface area contributed by atoms with Crippen LogP contribution >= 0.6 is 0 Å². The summed E-state index contributed by atoms with van der Waals surface area (Å²) in [4.78, 5) is 12.0. The number of hydrogen-bond donors (Lipinski definition) is 0. The third kappa shape index (κ3) is 4.86. The number of unbranched alkanes of at least 4 members (excludes halogenated alkanes) is 3. The average Bonchev–Trinajstić information content (AvgIpc) is 2.37. The number of methoxy groups -OCH3 is 1. The number of carbonyl (C=O) groups excluding carboxylic acids is 1. The lowest BCUT2D eigenvalue weighted by molar-refractivity contribution is -0.130. The van der Waals surface area contributed by atoms with Gasteiger partial charge in [0.25, 0.3) is 0 Å². The Balaban J connectivity index is 2.38. The van der Waals surface area contributed by atoms with Gasteiger partial charge in [-0.25, -0.2) is 0 Å². The Bertz CT molecular complexity index is 267. The van der Waals surface area contributed by atoms with Gasteiger partial charge in [-0.1, -0.05) is 50.5 Å². The molecule has 96 valence electrons. The Morgan fingerprint density at radius 1 is 1.29 bits per heavy atom. The summed E-state index contributed by atoms with van der Waals surface area (Å²) in [6, 6.07) is 0. The summed E-state index contributed by atoms with van der Waals surface area (Å²) in [5.74, 6) is 0.372. The highest BCUT2D eigenvalue weighted by atomic mass is 16.5. The molecule has 1 atom stereocenters. The molecule has 1 unspecified atom stereocenters. The molecule has 0 aromatic rings. The van der Waals surface area contributed by atoms with E-state index in [9.17, 15) is 4.79 Å². The minimum atomic E-state index is -0.288. The fraction of sp³-hybridized carbons (Fsp3) is 0.667. The summed E-state index contributed by atoms with van der Waals surface area (Å²) in [6.45, 7) is 2.18. The summed E-state index contributed by atoms with van der Waals surface area (Å²) in [7, 11) is 1.63. The molecule has 2 nitrogen and oxygen atoms in total. The first-order chi connectivity index (χ1) is 8.29. The van der Waals surface area contributed by atoms with Crippen LogP contribution in [0, 0.1) is 5.92 Å². The van der Waals surface area contributed by atoms with Crippen LogP contribution in [0.3, 0.4) is 0 Å². The molecule has 0 radical (unpaired) electrons. The third-order valence-corrected chi connectivity index (χ3v) is 3.19. The molecule has 0 saturated carbocycles. The van der Waals surface area contributed by atoms with E-state index < -0.39 is 0 Å². The molecular formula is C15H24O2. The third-order valence-electron chi connectivity index (χ3n) is 3.19. The summed E-state index contributed by atoms with van der Waals surface area (Å²) < 4.78 is 5.36. The number of hydrogen-bond acceptors (Lipinski definition) is 2. The predicted molar refractivity (Wildman–Crippen MR) is 71.0 cm³/mol. The van der Waals surface area contributed by atoms with Crippen molar-refractivity contribution >= 4 is 5.78 Å². The van der Waals surface area contributed by atoms with Crippen LogP contribution in [-0.2, 0) is 9.53 Å². The van der Waals surface area contributed by atoms with Crippen LogP contribution in [0.1, 0.15) is 45.4 Å². The highest BCUT2D eigenvalue weighted by Gasteiger charge is 2.24. The highest BCUT2D eigenvalue weighted by molar-refractivity contribution is 5.84. The molecule has 1 rings (SSSR count). The van der Waals surface area contributed by atoms with E-state index in [1.165, 1.54) is 12.8 Å². The van der Waals surface area contributed by atoms with Crippen molar-refractivity contribution in [3.8, 4) is 0 Å². The molecular weight excluding hydrogens is 212 g/mol. The van der Waals surface area contributed by atoms with Crippen LogP contribution in [-0.4, -0.2) is 19.0 Å². The molecule has 0 aliphatic heterocycles. The van der Waals surface area contributed by atoms with Crippen LogP contribution < -0.4 is 0 Å². The smallest absolute Gasteiger partial charge is 0.162 e.